The molecular formula is C25H28N2O. The van der Waals surface area contributed by atoms with Crippen molar-refractivity contribution >= 4 is 11.4 Å². The molecule has 3 heteroatoms. The number of likely N-dealkylation sites (N-methyl/N-ethyl adjacent to an activating group) is 1. The summed E-state index contributed by atoms with van der Waals surface area (Å²) in [6.07, 6.45) is 0.986. The number of fused-ring (bicyclic) bond motifs is 2. The topological polar surface area (TPSA) is 15.7 Å². The first-order valence-electron chi connectivity index (χ1n) is 9.91. The second kappa shape index (κ2) is 8.07. The molecule has 0 saturated heterocycles. The summed E-state index contributed by atoms with van der Waals surface area (Å²) in [6, 6.07) is 26.1. The molecule has 1 aliphatic rings. The Hall–Kier alpha value is -2.78. The first-order chi connectivity index (χ1) is 13.6. The van der Waals surface area contributed by atoms with Crippen LogP contribution in [0.2, 0.25) is 0 Å². The Kier molecular flexibility index (Phi) is 5.36. The summed E-state index contributed by atoms with van der Waals surface area (Å²) in [7, 11) is 6.29. The van der Waals surface area contributed by atoms with E-state index in [0.29, 0.717) is 12.5 Å². The van der Waals surface area contributed by atoms with Crippen LogP contribution in [0.4, 0.5) is 11.4 Å². The molecule has 3 aromatic carbocycles. The van der Waals surface area contributed by atoms with Crippen LogP contribution in [0.25, 0.3) is 0 Å². The molecule has 144 valence electrons. The molecule has 0 radical (unpaired) electrons. The molecule has 0 fully saturated rings. The van der Waals surface area contributed by atoms with Crippen LogP contribution in [0.3, 0.4) is 0 Å². The van der Waals surface area contributed by atoms with Crippen molar-refractivity contribution in [1.29, 1.82) is 0 Å². The van der Waals surface area contributed by atoms with Gasteiger partial charge in [-0.15, -0.1) is 0 Å². The predicted octanol–water partition coefficient (Wildman–Crippen LogP) is 5.08. The second-order valence-corrected chi connectivity index (χ2v) is 7.73. The molecule has 0 aromatic heterocycles. The van der Waals surface area contributed by atoms with E-state index >= 15 is 0 Å². The molecule has 1 aliphatic heterocycles. The van der Waals surface area contributed by atoms with E-state index in [1.165, 1.54) is 28.1 Å². The number of nitrogens with zero attached hydrogens (tertiary/aromatic N) is 2. The van der Waals surface area contributed by atoms with Gasteiger partial charge in [0.15, 0.2) is 0 Å². The third kappa shape index (κ3) is 3.76. The monoisotopic (exact) mass is 372 g/mol. The van der Waals surface area contributed by atoms with Crippen LogP contribution >= 0.6 is 0 Å². The molecule has 0 amide bonds. The molecular weight excluding hydrogens is 344 g/mol. The van der Waals surface area contributed by atoms with E-state index < -0.39 is 0 Å². The fourth-order valence-electron chi connectivity index (χ4n) is 4.01. The first-order valence-corrected chi connectivity index (χ1v) is 9.91. The predicted molar refractivity (Wildman–Crippen MR) is 117 cm³/mol. The number of hydrogen-bond donors (Lipinski definition) is 0. The fourth-order valence-corrected chi connectivity index (χ4v) is 4.01. The molecule has 3 nitrogen and oxygen atoms in total. The van der Waals surface area contributed by atoms with E-state index in [1.807, 2.05) is 0 Å². The van der Waals surface area contributed by atoms with Gasteiger partial charge in [-0.3, -0.25) is 0 Å². The molecule has 28 heavy (non-hydrogen) atoms. The molecule has 4 rings (SSSR count). The van der Waals surface area contributed by atoms with Gasteiger partial charge < -0.3 is 14.5 Å². The highest BCUT2D eigenvalue weighted by molar-refractivity contribution is 5.76. The Bertz CT molecular complexity index is 936. The van der Waals surface area contributed by atoms with E-state index in [4.69, 9.17) is 4.74 Å². The molecule has 0 aliphatic carbocycles. The SMILES string of the molecule is CN(C)CCOc1ccc2c(c1)C(Cc1ccccc1)c1ccccc1N2C. The highest BCUT2D eigenvalue weighted by Gasteiger charge is 2.29. The zero-order valence-corrected chi connectivity index (χ0v) is 16.9. The standard InChI is InChI=1S/C25H28N2O/c1-26(2)15-16-28-20-13-14-25-23(18-20)22(17-19-9-5-4-6-10-19)21-11-7-8-12-24(21)27(25)3/h4-14,18,22H,15-17H2,1-3H3. The van der Waals surface area contributed by atoms with Crippen LogP contribution in [0.15, 0.2) is 72.8 Å². The number of benzene rings is 3. The van der Waals surface area contributed by atoms with Gasteiger partial charge >= 0.3 is 0 Å². The van der Waals surface area contributed by atoms with Crippen molar-refractivity contribution in [2.75, 3.05) is 39.2 Å². The molecule has 0 saturated carbocycles. The van der Waals surface area contributed by atoms with Gasteiger partial charge in [-0.25, -0.2) is 0 Å². The highest BCUT2D eigenvalue weighted by atomic mass is 16.5. The van der Waals surface area contributed by atoms with E-state index in [0.717, 1.165) is 18.7 Å². The molecule has 3 aromatic rings. The Morgan fingerprint density at radius 2 is 1.57 bits per heavy atom. The zero-order chi connectivity index (χ0) is 19.5. The second-order valence-electron chi connectivity index (χ2n) is 7.73. The number of ether oxygens (including phenoxy) is 1. The maximum Gasteiger partial charge on any atom is 0.119 e. The van der Waals surface area contributed by atoms with Crippen LogP contribution in [-0.4, -0.2) is 39.2 Å². The maximum atomic E-state index is 6.04. The van der Waals surface area contributed by atoms with Crippen LogP contribution in [-0.2, 0) is 6.42 Å². The summed E-state index contributed by atoms with van der Waals surface area (Å²) < 4.78 is 6.04. The largest absolute Gasteiger partial charge is 0.492 e. The van der Waals surface area contributed by atoms with Gasteiger partial charge in [0.25, 0.3) is 0 Å². The minimum atomic E-state index is 0.321. The van der Waals surface area contributed by atoms with Gasteiger partial charge in [-0.2, -0.15) is 0 Å². The van der Waals surface area contributed by atoms with Gasteiger partial charge in [0.2, 0.25) is 0 Å². The van der Waals surface area contributed by atoms with Crippen molar-refractivity contribution in [3.8, 4) is 5.75 Å². The van der Waals surface area contributed by atoms with Crippen LogP contribution in [0.1, 0.15) is 22.6 Å². The summed E-state index contributed by atoms with van der Waals surface area (Å²) in [6.45, 7) is 1.61. The van der Waals surface area contributed by atoms with Gasteiger partial charge in [-0.05, 0) is 61.5 Å². The lowest BCUT2D eigenvalue weighted by Gasteiger charge is -2.36. The third-order valence-electron chi connectivity index (χ3n) is 5.50. The van der Waals surface area contributed by atoms with E-state index in [-0.39, 0.29) is 0 Å². The van der Waals surface area contributed by atoms with Crippen molar-refractivity contribution in [3.05, 3.63) is 89.5 Å². The normalized spacial score (nSPS) is 15.3. The van der Waals surface area contributed by atoms with Crippen LogP contribution in [0.5, 0.6) is 5.75 Å². The fraction of sp³-hybridized carbons (Fsp3) is 0.280. The van der Waals surface area contributed by atoms with Gasteiger partial charge in [-0.1, -0.05) is 48.5 Å². The van der Waals surface area contributed by atoms with Crippen molar-refractivity contribution in [3.63, 3.8) is 0 Å². The smallest absolute Gasteiger partial charge is 0.119 e. The number of rotatable bonds is 6. The molecule has 0 spiro atoms. The number of hydrogen-bond acceptors (Lipinski definition) is 3. The Balaban J connectivity index is 1.71. The Morgan fingerprint density at radius 1 is 0.857 bits per heavy atom. The summed E-state index contributed by atoms with van der Waals surface area (Å²) >= 11 is 0. The lowest BCUT2D eigenvalue weighted by Crippen LogP contribution is -2.23. The van der Waals surface area contributed by atoms with Gasteiger partial charge in [0.05, 0.1) is 0 Å². The van der Waals surface area contributed by atoms with Crippen molar-refractivity contribution < 1.29 is 4.74 Å². The van der Waals surface area contributed by atoms with E-state index in [1.54, 1.807) is 0 Å². The molecule has 1 atom stereocenters. The van der Waals surface area contributed by atoms with Crippen LogP contribution in [0, 0.1) is 0 Å². The van der Waals surface area contributed by atoms with Gasteiger partial charge in [0, 0.05) is 30.9 Å². The summed E-state index contributed by atoms with van der Waals surface area (Å²) in [5.74, 6) is 1.27. The average molecular weight is 373 g/mol. The third-order valence-corrected chi connectivity index (χ3v) is 5.50. The Morgan fingerprint density at radius 3 is 2.36 bits per heavy atom. The quantitative estimate of drug-likeness (QED) is 0.600. The number of para-hydroxylation sites is 1. The minimum Gasteiger partial charge on any atom is -0.492 e. The van der Waals surface area contributed by atoms with E-state index in [2.05, 4.69) is 104 Å². The average Bonchev–Trinajstić information content (AvgIpc) is 2.71. The highest BCUT2D eigenvalue weighted by Crippen LogP contribution is 2.46. The summed E-state index contributed by atoms with van der Waals surface area (Å²) in [4.78, 5) is 4.44. The lowest BCUT2D eigenvalue weighted by atomic mass is 9.81. The molecule has 0 bridgehead atoms. The molecule has 0 N–H and O–H groups in total. The summed E-state index contributed by atoms with van der Waals surface area (Å²) in [5.41, 5.74) is 6.63. The van der Waals surface area contributed by atoms with Crippen molar-refractivity contribution in [2.45, 2.75) is 12.3 Å². The molecule has 1 unspecified atom stereocenters. The molecule has 1 heterocycles. The van der Waals surface area contributed by atoms with Crippen LogP contribution < -0.4 is 9.64 Å². The van der Waals surface area contributed by atoms with E-state index in [9.17, 15) is 0 Å². The minimum absolute atomic E-state index is 0.321. The summed E-state index contributed by atoms with van der Waals surface area (Å²) in [5, 5.41) is 0. The Labute approximate surface area is 168 Å². The van der Waals surface area contributed by atoms with Gasteiger partial charge in [0.1, 0.15) is 12.4 Å². The maximum absolute atomic E-state index is 6.04. The first kappa shape index (κ1) is 18.6. The van der Waals surface area contributed by atoms with Crippen molar-refractivity contribution in [1.82, 2.24) is 4.90 Å². The lowest BCUT2D eigenvalue weighted by molar-refractivity contribution is 0.261. The zero-order valence-electron chi connectivity index (χ0n) is 16.9. The van der Waals surface area contributed by atoms with Crippen molar-refractivity contribution in [2.24, 2.45) is 0 Å². The number of anilines is 2.